The van der Waals surface area contributed by atoms with Crippen LogP contribution in [0.1, 0.15) is 5.56 Å². The Morgan fingerprint density at radius 3 is 1.91 bits per heavy atom. The van der Waals surface area contributed by atoms with Crippen molar-refractivity contribution in [2.45, 2.75) is 0 Å². The molecule has 0 spiro atoms. The number of fused-ring (bicyclic) bond motifs is 5. The molecule has 0 atom stereocenters. The van der Waals surface area contributed by atoms with Crippen molar-refractivity contribution in [3.63, 3.8) is 0 Å². The lowest BCUT2D eigenvalue weighted by Crippen LogP contribution is -2.10. The summed E-state index contributed by atoms with van der Waals surface area (Å²) in [4.78, 5) is 2.29. The molecule has 0 radical (unpaired) electrons. The Bertz CT molecular complexity index is 3250. The Morgan fingerprint density at radius 2 is 1.09 bits per heavy atom. The topological polar surface area (TPSA) is 32.0 Å². The van der Waals surface area contributed by atoms with Gasteiger partial charge in [-0.15, -0.1) is 0 Å². The van der Waals surface area contributed by atoms with E-state index in [0.717, 1.165) is 28.3 Å². The first kappa shape index (κ1) is 30.2. The highest BCUT2D eigenvalue weighted by molar-refractivity contribution is 6.32. The number of nitriles is 1. The molecule has 0 bridgehead atoms. The summed E-state index contributed by atoms with van der Waals surface area (Å²) in [6.45, 7) is 0. The van der Waals surface area contributed by atoms with Gasteiger partial charge in [-0.3, -0.25) is 0 Å². The number of benzene rings is 10. The number of rotatable bonds is 5. The zero-order chi connectivity index (χ0) is 35.8. The van der Waals surface area contributed by atoms with Gasteiger partial charge in [-0.05, 0) is 110 Å². The van der Waals surface area contributed by atoms with Crippen molar-refractivity contribution >= 4 is 82.0 Å². The fourth-order valence-corrected chi connectivity index (χ4v) is 8.73. The Labute approximate surface area is 312 Å². The standard InChI is InChI=1S/C51H31N3/c52-32-33-17-24-39(25-18-33)53(47-16-8-10-34-9-4-5-13-42(34)47)40-26-21-35(22-27-40)41-28-23-36-19-20-37-31-46-43-14-6-7-15-48(43)54(38-11-2-1-3-12-38)51(46)45-30-29-44(41)49(36)50(37)45/h1-31H. The highest BCUT2D eigenvalue weighted by Gasteiger charge is 2.20. The lowest BCUT2D eigenvalue weighted by atomic mass is 9.89. The van der Waals surface area contributed by atoms with Gasteiger partial charge in [-0.1, -0.05) is 121 Å². The van der Waals surface area contributed by atoms with Crippen LogP contribution in [0.4, 0.5) is 17.1 Å². The van der Waals surface area contributed by atoms with Gasteiger partial charge in [0.25, 0.3) is 0 Å². The molecular formula is C51H31N3. The lowest BCUT2D eigenvalue weighted by molar-refractivity contribution is 1.19. The van der Waals surface area contributed by atoms with Crippen LogP contribution in [0.2, 0.25) is 0 Å². The Balaban J connectivity index is 1.10. The minimum absolute atomic E-state index is 0.642. The molecule has 10 aromatic carbocycles. The average molecular weight is 686 g/mol. The van der Waals surface area contributed by atoms with E-state index in [4.69, 9.17) is 0 Å². The highest BCUT2D eigenvalue weighted by atomic mass is 15.1. The SMILES string of the molecule is N#Cc1ccc(N(c2ccc(-c3ccc4ccc5cc6c7ccccc7n(-c7ccccc7)c6c6ccc3c4c56)cc2)c2cccc3ccccc23)cc1. The number of hydrogen-bond donors (Lipinski definition) is 0. The summed E-state index contributed by atoms with van der Waals surface area (Å²) in [5.41, 5.74) is 9.78. The maximum absolute atomic E-state index is 9.52. The van der Waals surface area contributed by atoms with E-state index in [2.05, 4.69) is 179 Å². The molecule has 0 amide bonds. The highest BCUT2D eigenvalue weighted by Crippen LogP contribution is 2.46. The van der Waals surface area contributed by atoms with E-state index in [1.807, 2.05) is 24.3 Å². The Kier molecular flexibility index (Phi) is 6.62. The van der Waals surface area contributed by atoms with Gasteiger partial charge >= 0.3 is 0 Å². The zero-order valence-corrected chi connectivity index (χ0v) is 29.2. The molecule has 0 aliphatic rings. The molecule has 0 aliphatic carbocycles. The third kappa shape index (κ3) is 4.48. The Hall–Kier alpha value is -7.41. The second-order valence-electron chi connectivity index (χ2n) is 14.0. The summed E-state index contributed by atoms with van der Waals surface area (Å²) in [5.74, 6) is 0. The zero-order valence-electron chi connectivity index (χ0n) is 29.2. The van der Waals surface area contributed by atoms with Crippen LogP contribution < -0.4 is 4.90 Å². The first-order valence-corrected chi connectivity index (χ1v) is 18.3. The van der Waals surface area contributed by atoms with Gasteiger partial charge < -0.3 is 9.47 Å². The smallest absolute Gasteiger partial charge is 0.0991 e. The van der Waals surface area contributed by atoms with Gasteiger partial charge in [0.2, 0.25) is 0 Å². The van der Waals surface area contributed by atoms with Gasteiger partial charge in [-0.25, -0.2) is 0 Å². The predicted molar refractivity (Wildman–Crippen MR) is 227 cm³/mol. The monoisotopic (exact) mass is 685 g/mol. The number of aromatic nitrogens is 1. The third-order valence-corrected chi connectivity index (χ3v) is 11.1. The number of para-hydroxylation sites is 2. The van der Waals surface area contributed by atoms with Crippen molar-refractivity contribution < 1.29 is 0 Å². The molecule has 3 heteroatoms. The summed E-state index contributed by atoms with van der Waals surface area (Å²) in [6, 6.07) is 69.6. The van der Waals surface area contributed by atoms with E-state index >= 15 is 0 Å². The number of hydrogen-bond acceptors (Lipinski definition) is 2. The van der Waals surface area contributed by atoms with Crippen molar-refractivity contribution in [3.8, 4) is 22.9 Å². The van der Waals surface area contributed by atoms with E-state index in [1.54, 1.807) is 0 Å². The maximum atomic E-state index is 9.52. The summed E-state index contributed by atoms with van der Waals surface area (Å²) in [7, 11) is 0. The van der Waals surface area contributed by atoms with Gasteiger partial charge in [0.05, 0.1) is 28.4 Å². The molecule has 0 fully saturated rings. The van der Waals surface area contributed by atoms with Crippen LogP contribution in [-0.4, -0.2) is 4.57 Å². The predicted octanol–water partition coefficient (Wildman–Crippen LogP) is 13.8. The molecule has 0 saturated carbocycles. The van der Waals surface area contributed by atoms with Crippen LogP contribution >= 0.6 is 0 Å². The molecule has 11 aromatic rings. The molecular weight excluding hydrogens is 655 g/mol. The second kappa shape index (κ2) is 11.8. The van der Waals surface area contributed by atoms with Crippen LogP contribution in [0, 0.1) is 11.3 Å². The van der Waals surface area contributed by atoms with E-state index < -0.39 is 0 Å². The van der Waals surface area contributed by atoms with Gasteiger partial charge in [0, 0.05) is 38.6 Å². The van der Waals surface area contributed by atoms with E-state index in [0.29, 0.717) is 5.56 Å². The summed E-state index contributed by atoms with van der Waals surface area (Å²) < 4.78 is 2.44. The van der Waals surface area contributed by atoms with Crippen molar-refractivity contribution in [1.82, 2.24) is 4.57 Å². The molecule has 3 nitrogen and oxygen atoms in total. The molecule has 1 aromatic heterocycles. The number of anilines is 3. The van der Waals surface area contributed by atoms with Crippen LogP contribution in [-0.2, 0) is 0 Å². The molecule has 54 heavy (non-hydrogen) atoms. The second-order valence-corrected chi connectivity index (χ2v) is 14.0. The van der Waals surface area contributed by atoms with Crippen LogP contribution in [0.15, 0.2) is 188 Å². The molecule has 11 rings (SSSR count). The summed E-state index contributed by atoms with van der Waals surface area (Å²) in [6.07, 6.45) is 0. The van der Waals surface area contributed by atoms with E-state index in [9.17, 15) is 5.26 Å². The van der Waals surface area contributed by atoms with Crippen molar-refractivity contribution in [2.75, 3.05) is 4.90 Å². The quantitative estimate of drug-likeness (QED) is 0.169. The van der Waals surface area contributed by atoms with Crippen molar-refractivity contribution in [1.29, 1.82) is 5.26 Å². The van der Waals surface area contributed by atoms with Gasteiger partial charge in [0.1, 0.15) is 0 Å². The third-order valence-electron chi connectivity index (χ3n) is 11.1. The normalized spacial score (nSPS) is 11.7. The first-order chi connectivity index (χ1) is 26.7. The molecule has 1 heterocycles. The van der Waals surface area contributed by atoms with Gasteiger partial charge in [0.15, 0.2) is 0 Å². The lowest BCUT2D eigenvalue weighted by Gasteiger charge is -2.27. The minimum Gasteiger partial charge on any atom is -0.310 e. The van der Waals surface area contributed by atoms with Crippen molar-refractivity contribution in [3.05, 3.63) is 194 Å². The average Bonchev–Trinajstić information content (AvgIpc) is 3.58. The molecule has 0 N–H and O–H groups in total. The van der Waals surface area contributed by atoms with E-state index in [-0.39, 0.29) is 0 Å². The number of nitrogens with zero attached hydrogens (tertiary/aromatic N) is 3. The first-order valence-electron chi connectivity index (χ1n) is 18.3. The fraction of sp³-hybridized carbons (Fsp3) is 0. The Morgan fingerprint density at radius 1 is 0.444 bits per heavy atom. The largest absolute Gasteiger partial charge is 0.310 e. The maximum Gasteiger partial charge on any atom is 0.0991 e. The summed E-state index contributed by atoms with van der Waals surface area (Å²) >= 11 is 0. The minimum atomic E-state index is 0.642. The van der Waals surface area contributed by atoms with Gasteiger partial charge in [-0.2, -0.15) is 5.26 Å². The van der Waals surface area contributed by atoms with Crippen LogP contribution in [0.3, 0.4) is 0 Å². The molecule has 0 aliphatic heterocycles. The van der Waals surface area contributed by atoms with Crippen LogP contribution in [0.25, 0.3) is 81.7 Å². The molecule has 0 unspecified atom stereocenters. The molecule has 250 valence electrons. The van der Waals surface area contributed by atoms with Crippen molar-refractivity contribution in [2.24, 2.45) is 0 Å². The molecule has 0 saturated heterocycles. The van der Waals surface area contributed by atoms with Crippen LogP contribution in [0.5, 0.6) is 0 Å². The summed E-state index contributed by atoms with van der Waals surface area (Å²) in [5, 5.41) is 22.0. The van der Waals surface area contributed by atoms with E-state index in [1.165, 1.54) is 70.5 Å². The fourth-order valence-electron chi connectivity index (χ4n) is 8.73.